The molecule has 0 atom stereocenters. The number of amides is 1. The minimum absolute atomic E-state index is 0.100. The highest BCUT2D eigenvalue weighted by Crippen LogP contribution is 2.27. The summed E-state index contributed by atoms with van der Waals surface area (Å²) in [4.78, 5) is 16.3. The van der Waals surface area contributed by atoms with E-state index in [2.05, 4.69) is 31.5 Å². The topological polar surface area (TPSA) is 67.2 Å². The number of anilines is 1. The first-order valence-electron chi connectivity index (χ1n) is 8.18. The first kappa shape index (κ1) is 18.5. The van der Waals surface area contributed by atoms with Crippen LogP contribution in [0.3, 0.4) is 0 Å². The fraction of sp³-hybridized carbons (Fsp3) is 0.211. The molecule has 0 fully saturated rings. The van der Waals surface area contributed by atoms with Crippen LogP contribution in [0.25, 0.3) is 22.6 Å². The second-order valence-electron chi connectivity index (χ2n) is 6.31. The lowest BCUT2D eigenvalue weighted by Crippen LogP contribution is -2.34. The highest BCUT2D eigenvalue weighted by molar-refractivity contribution is 9.10. The van der Waals surface area contributed by atoms with Crippen molar-refractivity contribution in [1.29, 1.82) is 0 Å². The van der Waals surface area contributed by atoms with Crippen LogP contribution in [0.4, 0.5) is 5.69 Å². The first-order valence-corrected chi connectivity index (χ1v) is 9.38. The summed E-state index contributed by atoms with van der Waals surface area (Å²) in [7, 11) is 0. The molecule has 2 N–H and O–H groups in total. The highest BCUT2D eigenvalue weighted by atomic mass is 79.9. The minimum atomic E-state index is -0.100. The maximum atomic E-state index is 11.8. The van der Waals surface area contributed by atoms with Crippen LogP contribution < -0.4 is 10.6 Å². The van der Waals surface area contributed by atoms with Gasteiger partial charge in [0.15, 0.2) is 10.7 Å². The zero-order valence-corrected chi connectivity index (χ0v) is 16.8. The highest BCUT2D eigenvalue weighted by Gasteiger charge is 2.11. The number of aromatic nitrogens is 1. The van der Waals surface area contributed by atoms with Crippen LogP contribution in [0.15, 0.2) is 51.4 Å². The summed E-state index contributed by atoms with van der Waals surface area (Å²) >= 11 is 8.64. The van der Waals surface area contributed by atoms with Gasteiger partial charge >= 0.3 is 0 Å². The molecule has 134 valence electrons. The standard InChI is InChI=1S/C19H18BrN3O2S/c1-11(2)8-17(24)23-19(26)21-14-6-7-16-15(10-14)22-18(25-16)12-4-3-5-13(20)9-12/h3-7,9-11H,8H2,1-2H3,(H2,21,23,24,26). The fourth-order valence-corrected chi connectivity index (χ4v) is 3.09. The molecule has 5 nitrogen and oxygen atoms in total. The summed E-state index contributed by atoms with van der Waals surface area (Å²) in [6, 6.07) is 13.3. The number of benzene rings is 2. The van der Waals surface area contributed by atoms with E-state index in [9.17, 15) is 4.79 Å². The van der Waals surface area contributed by atoms with E-state index in [1.807, 2.05) is 56.3 Å². The molecule has 0 bridgehead atoms. The molecule has 1 heterocycles. The van der Waals surface area contributed by atoms with Crippen LogP contribution in [0.2, 0.25) is 0 Å². The minimum Gasteiger partial charge on any atom is -0.436 e. The normalized spacial score (nSPS) is 10.9. The van der Waals surface area contributed by atoms with Gasteiger partial charge in [-0.15, -0.1) is 0 Å². The second kappa shape index (κ2) is 7.97. The number of oxazole rings is 1. The summed E-state index contributed by atoms with van der Waals surface area (Å²) in [5, 5.41) is 5.95. The number of carbonyl (C=O) groups is 1. The zero-order valence-electron chi connectivity index (χ0n) is 14.4. The predicted octanol–water partition coefficient (Wildman–Crippen LogP) is 5.12. The van der Waals surface area contributed by atoms with E-state index in [0.717, 1.165) is 15.7 Å². The first-order chi connectivity index (χ1) is 12.4. The number of halogens is 1. The average Bonchev–Trinajstić information content (AvgIpc) is 2.97. The molecular weight excluding hydrogens is 414 g/mol. The maximum absolute atomic E-state index is 11.8. The van der Waals surface area contributed by atoms with Gasteiger partial charge in [0.25, 0.3) is 0 Å². The van der Waals surface area contributed by atoms with Crippen LogP contribution in [0, 0.1) is 5.92 Å². The van der Waals surface area contributed by atoms with E-state index in [4.69, 9.17) is 16.6 Å². The Labute approximate surface area is 165 Å². The molecule has 0 radical (unpaired) electrons. The number of nitrogens with zero attached hydrogens (tertiary/aromatic N) is 1. The molecule has 0 aliphatic rings. The van der Waals surface area contributed by atoms with Gasteiger partial charge in [-0.25, -0.2) is 4.98 Å². The van der Waals surface area contributed by atoms with Crippen molar-refractivity contribution >= 4 is 56.0 Å². The lowest BCUT2D eigenvalue weighted by Gasteiger charge is -2.10. The number of thiocarbonyl (C=S) groups is 1. The molecule has 2 aromatic carbocycles. The summed E-state index contributed by atoms with van der Waals surface area (Å²) < 4.78 is 6.78. The van der Waals surface area contributed by atoms with Gasteiger partial charge in [-0.2, -0.15) is 0 Å². The third-order valence-electron chi connectivity index (χ3n) is 3.56. The molecule has 26 heavy (non-hydrogen) atoms. The fourth-order valence-electron chi connectivity index (χ4n) is 2.46. The van der Waals surface area contributed by atoms with Crippen molar-refractivity contribution in [2.75, 3.05) is 5.32 Å². The van der Waals surface area contributed by atoms with Gasteiger partial charge < -0.3 is 15.1 Å². The SMILES string of the molecule is CC(C)CC(=O)NC(=S)Nc1ccc2oc(-c3cccc(Br)c3)nc2c1. The van der Waals surface area contributed by atoms with E-state index < -0.39 is 0 Å². The quantitative estimate of drug-likeness (QED) is 0.561. The molecular formula is C19H18BrN3O2S. The van der Waals surface area contributed by atoms with E-state index in [-0.39, 0.29) is 16.9 Å². The monoisotopic (exact) mass is 431 g/mol. The van der Waals surface area contributed by atoms with E-state index in [1.165, 1.54) is 0 Å². The Morgan fingerprint density at radius 3 is 2.81 bits per heavy atom. The van der Waals surface area contributed by atoms with Crippen LogP contribution in [0.1, 0.15) is 20.3 Å². The van der Waals surface area contributed by atoms with Gasteiger partial charge in [-0.1, -0.05) is 35.8 Å². The van der Waals surface area contributed by atoms with Gasteiger partial charge in [0.2, 0.25) is 11.8 Å². The molecule has 0 saturated carbocycles. The van der Waals surface area contributed by atoms with Crippen molar-refractivity contribution in [3.8, 4) is 11.5 Å². The van der Waals surface area contributed by atoms with Gasteiger partial charge in [0, 0.05) is 22.1 Å². The van der Waals surface area contributed by atoms with Gasteiger partial charge in [-0.05, 0) is 54.5 Å². The summed E-state index contributed by atoms with van der Waals surface area (Å²) in [5.41, 5.74) is 3.02. The van der Waals surface area contributed by atoms with Crippen LogP contribution in [-0.4, -0.2) is 16.0 Å². The van der Waals surface area contributed by atoms with Crippen LogP contribution in [0.5, 0.6) is 0 Å². The molecule has 3 rings (SSSR count). The Morgan fingerprint density at radius 2 is 2.08 bits per heavy atom. The number of hydrogen-bond acceptors (Lipinski definition) is 4. The Kier molecular flexibility index (Phi) is 5.68. The summed E-state index contributed by atoms with van der Waals surface area (Å²) in [5.74, 6) is 0.726. The lowest BCUT2D eigenvalue weighted by molar-refractivity contribution is -0.120. The van der Waals surface area contributed by atoms with E-state index in [0.29, 0.717) is 23.4 Å². The molecule has 3 aromatic rings. The predicted molar refractivity (Wildman–Crippen MR) is 111 cm³/mol. The number of rotatable bonds is 4. The van der Waals surface area contributed by atoms with Gasteiger partial charge in [0.1, 0.15) is 5.52 Å². The van der Waals surface area contributed by atoms with Crippen molar-refractivity contribution in [3.63, 3.8) is 0 Å². The Morgan fingerprint density at radius 1 is 1.27 bits per heavy atom. The Bertz CT molecular complexity index is 968. The number of hydrogen-bond donors (Lipinski definition) is 2. The maximum Gasteiger partial charge on any atom is 0.227 e. The molecule has 0 saturated heterocycles. The molecule has 0 aliphatic heterocycles. The zero-order chi connectivity index (χ0) is 18.7. The lowest BCUT2D eigenvalue weighted by atomic mass is 10.1. The molecule has 7 heteroatoms. The van der Waals surface area contributed by atoms with E-state index >= 15 is 0 Å². The summed E-state index contributed by atoms with van der Waals surface area (Å²) in [6.45, 7) is 3.97. The second-order valence-corrected chi connectivity index (χ2v) is 7.64. The average molecular weight is 432 g/mol. The molecule has 0 unspecified atom stereocenters. The number of nitrogens with one attached hydrogen (secondary N) is 2. The van der Waals surface area contributed by atoms with Gasteiger partial charge in [-0.3, -0.25) is 4.79 Å². The van der Waals surface area contributed by atoms with Crippen molar-refractivity contribution in [2.24, 2.45) is 5.92 Å². The third kappa shape index (κ3) is 4.68. The Balaban J connectivity index is 1.75. The third-order valence-corrected chi connectivity index (χ3v) is 4.26. The molecule has 1 aromatic heterocycles. The molecule has 0 spiro atoms. The Hall–Kier alpha value is -2.25. The van der Waals surface area contributed by atoms with Crippen molar-refractivity contribution < 1.29 is 9.21 Å². The number of carbonyl (C=O) groups excluding carboxylic acids is 1. The number of fused-ring (bicyclic) bond motifs is 1. The largest absolute Gasteiger partial charge is 0.436 e. The van der Waals surface area contributed by atoms with Crippen molar-refractivity contribution in [1.82, 2.24) is 10.3 Å². The molecule has 0 aliphatic carbocycles. The molecule has 1 amide bonds. The van der Waals surface area contributed by atoms with E-state index in [1.54, 1.807) is 0 Å². The van der Waals surface area contributed by atoms with Gasteiger partial charge in [0.05, 0.1) is 0 Å². The van der Waals surface area contributed by atoms with Crippen molar-refractivity contribution in [3.05, 3.63) is 46.9 Å². The van der Waals surface area contributed by atoms with Crippen LogP contribution >= 0.6 is 28.1 Å². The smallest absolute Gasteiger partial charge is 0.227 e. The van der Waals surface area contributed by atoms with Crippen molar-refractivity contribution in [2.45, 2.75) is 20.3 Å². The summed E-state index contributed by atoms with van der Waals surface area (Å²) in [6.07, 6.45) is 0.431. The van der Waals surface area contributed by atoms with Crippen LogP contribution in [-0.2, 0) is 4.79 Å².